The number of hydrogen-bond acceptors (Lipinski definition) is 3. The molecule has 6 nitrogen and oxygen atoms in total. The number of halogens is 2. The number of rotatable bonds is 6. The van der Waals surface area contributed by atoms with Gasteiger partial charge < -0.3 is 10.4 Å². The summed E-state index contributed by atoms with van der Waals surface area (Å²) in [5.74, 6) is -1.48. The molecule has 0 bridgehead atoms. The van der Waals surface area contributed by atoms with Gasteiger partial charge in [0.1, 0.15) is 5.82 Å². The number of carbonyl (C=O) groups excluding carboxylic acids is 2. The van der Waals surface area contributed by atoms with E-state index in [1.54, 1.807) is 42.5 Å². The Bertz CT molecular complexity index is 1130. The van der Waals surface area contributed by atoms with Crippen LogP contribution in [0.1, 0.15) is 16.8 Å². The molecule has 0 heterocycles. The van der Waals surface area contributed by atoms with E-state index >= 15 is 0 Å². The summed E-state index contributed by atoms with van der Waals surface area (Å²) in [6.45, 7) is 0. The number of amides is 2. The first-order valence-corrected chi connectivity index (χ1v) is 9.60. The van der Waals surface area contributed by atoms with Crippen LogP contribution in [0.2, 0.25) is 0 Å². The second kappa shape index (κ2) is 9.32. The first-order valence-electron chi connectivity index (χ1n) is 8.81. The molecular formula is C22H16BrFN2O4. The zero-order valence-electron chi connectivity index (χ0n) is 15.5. The van der Waals surface area contributed by atoms with Gasteiger partial charge in [0.25, 0.3) is 0 Å². The monoisotopic (exact) mass is 470 g/mol. The number of ketones is 1. The van der Waals surface area contributed by atoms with Crippen LogP contribution in [0.15, 0.2) is 71.2 Å². The number of nitrogens with one attached hydrogen (secondary N) is 2. The molecule has 0 spiro atoms. The van der Waals surface area contributed by atoms with E-state index in [4.69, 9.17) is 5.11 Å². The smallest absolute Gasteiger partial charge is 0.409 e. The Labute approximate surface area is 179 Å². The molecule has 0 radical (unpaired) electrons. The standard InChI is InChI=1S/C22H16BrFN2O4/c23-15-5-3-4-14(10-15)20(27)12-21(28)25-19-11-13(8-9-18(19)26-22(29)30)16-6-1-2-7-17(16)24/h1-11,26H,12H2,(H,25,28)(H,29,30). The number of carbonyl (C=O) groups is 3. The van der Waals surface area contributed by atoms with Crippen LogP contribution in [0.4, 0.5) is 20.6 Å². The minimum atomic E-state index is -1.32. The molecule has 30 heavy (non-hydrogen) atoms. The Morgan fingerprint density at radius 1 is 0.900 bits per heavy atom. The third-order valence-electron chi connectivity index (χ3n) is 4.19. The summed E-state index contributed by atoms with van der Waals surface area (Å²) < 4.78 is 14.8. The van der Waals surface area contributed by atoms with Crippen LogP contribution in [0.3, 0.4) is 0 Å². The van der Waals surface area contributed by atoms with Crippen molar-refractivity contribution in [1.82, 2.24) is 0 Å². The third-order valence-corrected chi connectivity index (χ3v) is 4.68. The van der Waals surface area contributed by atoms with Gasteiger partial charge in [-0.25, -0.2) is 9.18 Å². The third kappa shape index (κ3) is 5.30. The molecular weight excluding hydrogens is 455 g/mol. The molecule has 0 aromatic heterocycles. The van der Waals surface area contributed by atoms with Crippen LogP contribution >= 0.6 is 15.9 Å². The minimum Gasteiger partial charge on any atom is -0.465 e. The lowest BCUT2D eigenvalue weighted by Gasteiger charge is -2.13. The van der Waals surface area contributed by atoms with Gasteiger partial charge in [0.15, 0.2) is 5.78 Å². The van der Waals surface area contributed by atoms with Gasteiger partial charge in [-0.1, -0.05) is 52.3 Å². The van der Waals surface area contributed by atoms with Crippen molar-refractivity contribution in [2.24, 2.45) is 0 Å². The molecule has 3 aromatic carbocycles. The molecule has 2 amide bonds. The summed E-state index contributed by atoms with van der Waals surface area (Å²) in [6.07, 6.45) is -1.76. The maximum Gasteiger partial charge on any atom is 0.409 e. The van der Waals surface area contributed by atoms with Gasteiger partial charge >= 0.3 is 6.09 Å². The second-order valence-electron chi connectivity index (χ2n) is 6.33. The van der Waals surface area contributed by atoms with Crippen molar-refractivity contribution in [3.63, 3.8) is 0 Å². The molecule has 0 fully saturated rings. The Hall–Kier alpha value is -3.52. The number of Topliss-reactive ketones (excluding diaryl/α,β-unsaturated/α-hetero) is 1. The highest BCUT2D eigenvalue weighted by Gasteiger charge is 2.16. The van der Waals surface area contributed by atoms with Crippen LogP contribution in [0.25, 0.3) is 11.1 Å². The van der Waals surface area contributed by atoms with Crippen molar-refractivity contribution < 1.29 is 23.9 Å². The predicted molar refractivity (Wildman–Crippen MR) is 115 cm³/mol. The largest absolute Gasteiger partial charge is 0.465 e. The van der Waals surface area contributed by atoms with Crippen molar-refractivity contribution in [2.75, 3.05) is 10.6 Å². The summed E-state index contributed by atoms with van der Waals surface area (Å²) in [5, 5.41) is 13.8. The van der Waals surface area contributed by atoms with Gasteiger partial charge in [-0.3, -0.25) is 14.9 Å². The highest BCUT2D eigenvalue weighted by Crippen LogP contribution is 2.31. The molecule has 3 N–H and O–H groups in total. The minimum absolute atomic E-state index is 0.103. The van der Waals surface area contributed by atoms with Crippen LogP contribution in [-0.4, -0.2) is 22.9 Å². The highest BCUT2D eigenvalue weighted by atomic mass is 79.9. The lowest BCUT2D eigenvalue weighted by Crippen LogP contribution is -2.18. The van der Waals surface area contributed by atoms with Crippen LogP contribution in [0, 0.1) is 5.82 Å². The van der Waals surface area contributed by atoms with Crippen LogP contribution in [-0.2, 0) is 4.79 Å². The average Bonchev–Trinajstić information content (AvgIpc) is 2.69. The first kappa shape index (κ1) is 21.2. The molecule has 152 valence electrons. The molecule has 0 saturated carbocycles. The SMILES string of the molecule is O=C(O)Nc1ccc(-c2ccccc2F)cc1NC(=O)CC(=O)c1cccc(Br)c1. The summed E-state index contributed by atoms with van der Waals surface area (Å²) in [6, 6.07) is 17.1. The first-order chi connectivity index (χ1) is 14.3. The fraction of sp³-hybridized carbons (Fsp3) is 0.0455. The van der Waals surface area contributed by atoms with Crippen molar-refractivity contribution in [1.29, 1.82) is 0 Å². The van der Waals surface area contributed by atoms with E-state index in [0.717, 1.165) is 0 Å². The molecule has 0 aliphatic heterocycles. The number of carboxylic acid groups (broad SMARTS) is 1. The van der Waals surface area contributed by atoms with E-state index in [0.29, 0.717) is 21.2 Å². The predicted octanol–water partition coefficient (Wildman–Crippen LogP) is 5.56. The normalized spacial score (nSPS) is 10.3. The summed E-state index contributed by atoms with van der Waals surface area (Å²) in [7, 11) is 0. The molecule has 0 atom stereocenters. The van der Waals surface area contributed by atoms with Crippen LogP contribution < -0.4 is 10.6 Å². The Kier molecular flexibility index (Phi) is 6.58. The zero-order valence-corrected chi connectivity index (χ0v) is 17.1. The fourth-order valence-electron chi connectivity index (χ4n) is 2.84. The van der Waals surface area contributed by atoms with Crippen molar-refractivity contribution in [3.8, 4) is 11.1 Å². The van der Waals surface area contributed by atoms with E-state index in [2.05, 4.69) is 26.6 Å². The van der Waals surface area contributed by atoms with E-state index in [1.165, 1.54) is 24.3 Å². The molecule has 0 unspecified atom stereocenters. The number of anilines is 2. The van der Waals surface area contributed by atoms with E-state index < -0.39 is 30.0 Å². The molecule has 3 rings (SSSR count). The van der Waals surface area contributed by atoms with Gasteiger partial charge in [0.05, 0.1) is 17.8 Å². The Morgan fingerprint density at radius 3 is 2.37 bits per heavy atom. The van der Waals surface area contributed by atoms with Gasteiger partial charge in [-0.05, 0) is 35.9 Å². The lowest BCUT2D eigenvalue weighted by atomic mass is 10.0. The van der Waals surface area contributed by atoms with E-state index in [9.17, 15) is 18.8 Å². The second-order valence-corrected chi connectivity index (χ2v) is 7.24. The van der Waals surface area contributed by atoms with Crippen molar-refractivity contribution in [2.45, 2.75) is 6.42 Å². The summed E-state index contributed by atoms with van der Waals surface area (Å²) in [5.41, 5.74) is 1.32. The maximum absolute atomic E-state index is 14.1. The number of benzene rings is 3. The molecule has 0 aliphatic rings. The average molecular weight is 471 g/mol. The lowest BCUT2D eigenvalue weighted by molar-refractivity contribution is -0.115. The number of hydrogen-bond donors (Lipinski definition) is 3. The van der Waals surface area contributed by atoms with Gasteiger partial charge in [0, 0.05) is 15.6 Å². The van der Waals surface area contributed by atoms with Crippen LogP contribution in [0.5, 0.6) is 0 Å². The molecule has 3 aromatic rings. The van der Waals surface area contributed by atoms with E-state index in [1.807, 2.05) is 0 Å². The maximum atomic E-state index is 14.1. The highest BCUT2D eigenvalue weighted by molar-refractivity contribution is 9.10. The van der Waals surface area contributed by atoms with E-state index in [-0.39, 0.29) is 11.4 Å². The van der Waals surface area contributed by atoms with Gasteiger partial charge in [0.2, 0.25) is 5.91 Å². The Morgan fingerprint density at radius 2 is 1.67 bits per heavy atom. The van der Waals surface area contributed by atoms with Gasteiger partial charge in [-0.2, -0.15) is 0 Å². The summed E-state index contributed by atoms with van der Waals surface area (Å²) >= 11 is 3.27. The fourth-order valence-corrected chi connectivity index (χ4v) is 3.24. The van der Waals surface area contributed by atoms with Crippen molar-refractivity contribution in [3.05, 3.63) is 82.6 Å². The Balaban J connectivity index is 1.86. The zero-order chi connectivity index (χ0) is 21.7. The van der Waals surface area contributed by atoms with Gasteiger partial charge in [-0.15, -0.1) is 0 Å². The van der Waals surface area contributed by atoms with Crippen molar-refractivity contribution >= 4 is 45.1 Å². The molecule has 0 aliphatic carbocycles. The quantitative estimate of drug-likeness (QED) is 0.324. The molecule has 8 heteroatoms. The molecule has 0 saturated heterocycles. The summed E-state index contributed by atoms with van der Waals surface area (Å²) in [4.78, 5) is 35.9. The topological polar surface area (TPSA) is 95.5 Å².